The van der Waals surface area contributed by atoms with Crippen LogP contribution in [0.2, 0.25) is 5.02 Å². The molecule has 0 saturated heterocycles. The summed E-state index contributed by atoms with van der Waals surface area (Å²) in [5, 5.41) is -0.180. The fraction of sp³-hybridized carbons (Fsp3) is 0.292. The third-order valence-electron chi connectivity index (χ3n) is 4.72. The van der Waals surface area contributed by atoms with Crippen molar-refractivity contribution in [2.24, 2.45) is 0 Å². The summed E-state index contributed by atoms with van der Waals surface area (Å²) in [5.41, 5.74) is 1.45. The van der Waals surface area contributed by atoms with Gasteiger partial charge < -0.3 is 14.2 Å². The highest BCUT2D eigenvalue weighted by Gasteiger charge is 2.27. The molecule has 3 aromatic rings. The van der Waals surface area contributed by atoms with Crippen LogP contribution in [-0.4, -0.2) is 25.3 Å². The summed E-state index contributed by atoms with van der Waals surface area (Å²) < 4.78 is 46.7. The lowest BCUT2D eigenvalue weighted by atomic mass is 9.89. The van der Waals surface area contributed by atoms with Crippen molar-refractivity contribution in [1.29, 1.82) is 0 Å². The van der Waals surface area contributed by atoms with Crippen molar-refractivity contribution in [1.82, 2.24) is 4.98 Å². The summed E-state index contributed by atoms with van der Waals surface area (Å²) in [6, 6.07) is 10.2. The standard InChI is InChI=1S/C24H24ClF2NO3/c1-14(2)19-18(31-16-8-6-5-7-9-16)12-17(26)22(25)21(19)20-15(3)13-28-24(23(20)27)30-11-10-29-4/h5-9,12-14H,10-11H2,1-4H3. The Hall–Kier alpha value is -2.70. The van der Waals surface area contributed by atoms with Crippen LogP contribution in [-0.2, 0) is 4.74 Å². The largest absolute Gasteiger partial charge is 0.473 e. The summed E-state index contributed by atoms with van der Waals surface area (Å²) in [6.07, 6.45) is 1.48. The van der Waals surface area contributed by atoms with E-state index in [-0.39, 0.29) is 46.9 Å². The number of aryl methyl sites for hydroxylation is 1. The minimum absolute atomic E-state index is 0.124. The molecular formula is C24H24ClF2NO3. The predicted molar refractivity (Wildman–Crippen MR) is 117 cm³/mol. The Bertz CT molecular complexity index is 1060. The molecule has 4 nitrogen and oxygen atoms in total. The summed E-state index contributed by atoms with van der Waals surface area (Å²) in [4.78, 5) is 4.03. The van der Waals surface area contributed by atoms with Gasteiger partial charge in [-0.3, -0.25) is 0 Å². The molecule has 0 unspecified atom stereocenters. The molecule has 7 heteroatoms. The van der Waals surface area contributed by atoms with Crippen LogP contribution in [0.25, 0.3) is 11.1 Å². The van der Waals surface area contributed by atoms with Crippen molar-refractivity contribution in [3.8, 4) is 28.5 Å². The molecular weight excluding hydrogens is 424 g/mol. The Morgan fingerprint density at radius 2 is 1.77 bits per heavy atom. The number of ether oxygens (including phenoxy) is 3. The Kier molecular flexibility index (Phi) is 7.46. The molecule has 0 aliphatic rings. The highest BCUT2D eigenvalue weighted by atomic mass is 35.5. The highest BCUT2D eigenvalue weighted by Crippen LogP contribution is 2.46. The Balaban J connectivity index is 2.22. The SMILES string of the molecule is COCCOc1ncc(C)c(-c2c(Cl)c(F)cc(Oc3ccccc3)c2C(C)C)c1F. The molecule has 0 aliphatic carbocycles. The van der Waals surface area contributed by atoms with E-state index in [2.05, 4.69) is 4.98 Å². The number of methoxy groups -OCH3 is 1. The van der Waals surface area contributed by atoms with E-state index in [4.69, 9.17) is 25.8 Å². The predicted octanol–water partition coefficient (Wildman–Crippen LogP) is 6.93. The molecule has 1 heterocycles. The van der Waals surface area contributed by atoms with Gasteiger partial charge in [0.1, 0.15) is 23.9 Å². The van der Waals surface area contributed by atoms with Crippen LogP contribution in [0.15, 0.2) is 42.6 Å². The number of aromatic nitrogens is 1. The first-order chi connectivity index (χ1) is 14.8. The quantitative estimate of drug-likeness (QED) is 0.351. The van der Waals surface area contributed by atoms with Gasteiger partial charge in [-0.05, 0) is 30.5 Å². The number of nitrogens with zero attached hydrogens (tertiary/aromatic N) is 1. The van der Waals surface area contributed by atoms with E-state index >= 15 is 4.39 Å². The van der Waals surface area contributed by atoms with Crippen molar-refractivity contribution < 1.29 is 23.0 Å². The fourth-order valence-electron chi connectivity index (χ4n) is 3.32. The van der Waals surface area contributed by atoms with E-state index in [1.54, 1.807) is 19.1 Å². The van der Waals surface area contributed by atoms with Crippen molar-refractivity contribution in [2.75, 3.05) is 20.3 Å². The molecule has 3 rings (SSSR count). The molecule has 0 spiro atoms. The van der Waals surface area contributed by atoms with E-state index < -0.39 is 11.6 Å². The first kappa shape index (κ1) is 23.0. The lowest BCUT2D eigenvalue weighted by Crippen LogP contribution is -2.09. The van der Waals surface area contributed by atoms with Crippen molar-refractivity contribution in [3.63, 3.8) is 0 Å². The Morgan fingerprint density at radius 1 is 1.06 bits per heavy atom. The molecule has 2 aromatic carbocycles. The number of halogens is 3. The number of para-hydroxylation sites is 1. The van der Waals surface area contributed by atoms with Gasteiger partial charge in [0.25, 0.3) is 5.88 Å². The summed E-state index contributed by atoms with van der Waals surface area (Å²) in [5.74, 6) is -0.946. The van der Waals surface area contributed by atoms with Crippen LogP contribution in [0, 0.1) is 18.6 Å². The fourth-order valence-corrected chi connectivity index (χ4v) is 3.57. The maximum atomic E-state index is 15.5. The molecule has 31 heavy (non-hydrogen) atoms. The normalized spacial score (nSPS) is 11.1. The number of hydrogen-bond acceptors (Lipinski definition) is 4. The molecule has 0 atom stereocenters. The van der Waals surface area contributed by atoms with Gasteiger partial charge in [-0.15, -0.1) is 0 Å². The smallest absolute Gasteiger partial charge is 0.251 e. The first-order valence-corrected chi connectivity index (χ1v) is 10.2. The topological polar surface area (TPSA) is 40.6 Å². The zero-order chi connectivity index (χ0) is 22.5. The molecule has 164 valence electrons. The van der Waals surface area contributed by atoms with Crippen molar-refractivity contribution in [2.45, 2.75) is 26.7 Å². The second-order valence-corrected chi connectivity index (χ2v) is 7.68. The van der Waals surface area contributed by atoms with Gasteiger partial charge in [0, 0.05) is 36.1 Å². The van der Waals surface area contributed by atoms with Crippen LogP contribution in [0.4, 0.5) is 8.78 Å². The van der Waals surface area contributed by atoms with Gasteiger partial charge in [0.15, 0.2) is 5.82 Å². The number of hydrogen-bond donors (Lipinski definition) is 0. The lowest BCUT2D eigenvalue weighted by molar-refractivity contribution is 0.141. The van der Waals surface area contributed by atoms with Gasteiger partial charge in [0.2, 0.25) is 0 Å². The van der Waals surface area contributed by atoms with Crippen LogP contribution in [0.1, 0.15) is 30.9 Å². The second-order valence-electron chi connectivity index (χ2n) is 7.31. The van der Waals surface area contributed by atoms with Gasteiger partial charge >= 0.3 is 0 Å². The van der Waals surface area contributed by atoms with Gasteiger partial charge in [-0.1, -0.05) is 43.6 Å². The van der Waals surface area contributed by atoms with E-state index in [1.807, 2.05) is 32.0 Å². The molecule has 0 bridgehead atoms. The van der Waals surface area contributed by atoms with Gasteiger partial charge in [-0.25, -0.2) is 13.8 Å². The molecule has 1 aromatic heterocycles. The van der Waals surface area contributed by atoms with Crippen LogP contribution in [0.5, 0.6) is 17.4 Å². The second kappa shape index (κ2) is 10.1. The maximum absolute atomic E-state index is 15.5. The van der Waals surface area contributed by atoms with E-state index in [0.717, 1.165) is 0 Å². The average Bonchev–Trinajstić information content (AvgIpc) is 2.73. The third kappa shape index (κ3) is 4.97. The minimum Gasteiger partial charge on any atom is -0.473 e. The van der Waals surface area contributed by atoms with Gasteiger partial charge in [0.05, 0.1) is 11.6 Å². The first-order valence-electron chi connectivity index (χ1n) is 9.87. The molecule has 0 amide bonds. The van der Waals surface area contributed by atoms with Crippen LogP contribution < -0.4 is 9.47 Å². The highest BCUT2D eigenvalue weighted by molar-refractivity contribution is 6.33. The number of benzene rings is 2. The van der Waals surface area contributed by atoms with E-state index in [0.29, 0.717) is 16.9 Å². The molecule has 0 radical (unpaired) electrons. The zero-order valence-electron chi connectivity index (χ0n) is 17.8. The van der Waals surface area contributed by atoms with E-state index in [9.17, 15) is 4.39 Å². The third-order valence-corrected chi connectivity index (χ3v) is 5.09. The Morgan fingerprint density at radius 3 is 2.42 bits per heavy atom. The summed E-state index contributed by atoms with van der Waals surface area (Å²) >= 11 is 6.40. The molecule has 0 saturated carbocycles. The Labute approximate surface area is 185 Å². The number of rotatable bonds is 8. The molecule has 0 fully saturated rings. The minimum atomic E-state index is -0.712. The zero-order valence-corrected chi connectivity index (χ0v) is 18.6. The van der Waals surface area contributed by atoms with E-state index in [1.165, 1.54) is 19.4 Å². The van der Waals surface area contributed by atoms with Crippen molar-refractivity contribution in [3.05, 3.63) is 70.4 Å². The molecule has 0 aliphatic heterocycles. The van der Waals surface area contributed by atoms with Crippen LogP contribution in [0.3, 0.4) is 0 Å². The summed E-state index contributed by atoms with van der Waals surface area (Å²) in [7, 11) is 1.52. The maximum Gasteiger partial charge on any atom is 0.251 e. The summed E-state index contributed by atoms with van der Waals surface area (Å²) in [6.45, 7) is 5.91. The average molecular weight is 448 g/mol. The molecule has 0 N–H and O–H groups in total. The number of pyridine rings is 1. The van der Waals surface area contributed by atoms with Gasteiger partial charge in [-0.2, -0.15) is 0 Å². The lowest BCUT2D eigenvalue weighted by Gasteiger charge is -2.22. The van der Waals surface area contributed by atoms with Crippen LogP contribution >= 0.6 is 11.6 Å². The van der Waals surface area contributed by atoms with Crippen molar-refractivity contribution >= 4 is 11.6 Å². The monoisotopic (exact) mass is 447 g/mol.